The highest BCUT2D eigenvalue weighted by Crippen LogP contribution is 2.16. The summed E-state index contributed by atoms with van der Waals surface area (Å²) in [4.78, 5) is 0. The van der Waals surface area contributed by atoms with Crippen LogP contribution in [0.3, 0.4) is 0 Å². The molecule has 2 aromatic rings. The van der Waals surface area contributed by atoms with Gasteiger partial charge >= 0.3 is 0 Å². The van der Waals surface area contributed by atoms with Gasteiger partial charge in [-0.05, 0) is 43.5 Å². The van der Waals surface area contributed by atoms with Crippen molar-refractivity contribution in [2.75, 3.05) is 0 Å². The standard InChI is InChI=1S/C17H20O/c1-4-15-6-5-7-17(11-15)18-12-16-9-13(2)8-14(3)10-16/h5-11H,4,12H2,1-3H3. The van der Waals surface area contributed by atoms with E-state index in [1.54, 1.807) is 0 Å². The van der Waals surface area contributed by atoms with E-state index in [1.807, 2.05) is 6.07 Å². The Kier molecular flexibility index (Phi) is 4.03. The number of benzene rings is 2. The van der Waals surface area contributed by atoms with Crippen molar-refractivity contribution in [1.82, 2.24) is 0 Å². The Morgan fingerprint density at radius 1 is 0.889 bits per heavy atom. The first-order valence-corrected chi connectivity index (χ1v) is 6.46. The zero-order chi connectivity index (χ0) is 13.0. The highest BCUT2D eigenvalue weighted by molar-refractivity contribution is 5.31. The Morgan fingerprint density at radius 2 is 1.61 bits per heavy atom. The highest BCUT2D eigenvalue weighted by Gasteiger charge is 1.99. The van der Waals surface area contributed by atoms with E-state index in [2.05, 4.69) is 57.2 Å². The van der Waals surface area contributed by atoms with Crippen LogP contribution in [0.1, 0.15) is 29.2 Å². The third kappa shape index (κ3) is 3.36. The van der Waals surface area contributed by atoms with Crippen LogP contribution in [0.5, 0.6) is 5.75 Å². The quantitative estimate of drug-likeness (QED) is 0.767. The van der Waals surface area contributed by atoms with E-state index in [9.17, 15) is 0 Å². The Bertz CT molecular complexity index is 509. The van der Waals surface area contributed by atoms with E-state index in [0.717, 1.165) is 12.2 Å². The highest BCUT2D eigenvalue weighted by atomic mass is 16.5. The molecule has 0 saturated heterocycles. The molecule has 0 saturated carbocycles. The zero-order valence-electron chi connectivity index (χ0n) is 11.4. The van der Waals surface area contributed by atoms with E-state index in [-0.39, 0.29) is 0 Å². The number of ether oxygens (including phenoxy) is 1. The summed E-state index contributed by atoms with van der Waals surface area (Å²) in [7, 11) is 0. The number of hydrogen-bond donors (Lipinski definition) is 0. The summed E-state index contributed by atoms with van der Waals surface area (Å²) < 4.78 is 5.84. The molecule has 0 bridgehead atoms. The molecule has 1 nitrogen and oxygen atoms in total. The fourth-order valence-electron chi connectivity index (χ4n) is 2.17. The molecule has 18 heavy (non-hydrogen) atoms. The Labute approximate surface area is 109 Å². The average Bonchev–Trinajstić information content (AvgIpc) is 2.35. The first kappa shape index (κ1) is 12.7. The van der Waals surface area contributed by atoms with Crippen LogP contribution in [0.2, 0.25) is 0 Å². The molecule has 2 rings (SSSR count). The van der Waals surface area contributed by atoms with Gasteiger partial charge < -0.3 is 4.74 Å². The maximum Gasteiger partial charge on any atom is 0.120 e. The molecule has 0 N–H and O–H groups in total. The van der Waals surface area contributed by atoms with Gasteiger partial charge in [0.1, 0.15) is 12.4 Å². The summed E-state index contributed by atoms with van der Waals surface area (Å²) in [5.74, 6) is 0.952. The number of hydrogen-bond acceptors (Lipinski definition) is 1. The van der Waals surface area contributed by atoms with E-state index < -0.39 is 0 Å². The second kappa shape index (κ2) is 5.72. The lowest BCUT2D eigenvalue weighted by molar-refractivity contribution is 0.306. The molecule has 0 atom stereocenters. The number of aryl methyl sites for hydroxylation is 3. The van der Waals surface area contributed by atoms with Crippen molar-refractivity contribution >= 4 is 0 Å². The van der Waals surface area contributed by atoms with Gasteiger partial charge in [-0.25, -0.2) is 0 Å². The molecule has 0 aliphatic rings. The fraction of sp³-hybridized carbons (Fsp3) is 0.294. The molecule has 0 heterocycles. The van der Waals surface area contributed by atoms with Gasteiger partial charge in [0.05, 0.1) is 0 Å². The van der Waals surface area contributed by atoms with Crippen LogP contribution < -0.4 is 4.74 Å². The topological polar surface area (TPSA) is 9.23 Å². The summed E-state index contributed by atoms with van der Waals surface area (Å²) in [5.41, 5.74) is 5.12. The van der Waals surface area contributed by atoms with Crippen LogP contribution in [0.25, 0.3) is 0 Å². The molecule has 0 spiro atoms. The predicted octanol–water partition coefficient (Wildman–Crippen LogP) is 4.44. The van der Waals surface area contributed by atoms with Crippen molar-refractivity contribution in [1.29, 1.82) is 0 Å². The first-order chi connectivity index (χ1) is 8.67. The molecule has 0 fully saturated rings. The van der Waals surface area contributed by atoms with Gasteiger partial charge in [-0.3, -0.25) is 0 Å². The number of rotatable bonds is 4. The van der Waals surface area contributed by atoms with Crippen molar-refractivity contribution in [2.24, 2.45) is 0 Å². The molecule has 1 heteroatoms. The van der Waals surface area contributed by atoms with Gasteiger partial charge in [-0.15, -0.1) is 0 Å². The van der Waals surface area contributed by atoms with Gasteiger partial charge in [0.2, 0.25) is 0 Å². The second-order valence-electron chi connectivity index (χ2n) is 4.79. The minimum atomic E-state index is 0.635. The van der Waals surface area contributed by atoms with Crippen LogP contribution in [0, 0.1) is 13.8 Å². The van der Waals surface area contributed by atoms with Crippen molar-refractivity contribution in [3.05, 3.63) is 64.7 Å². The summed E-state index contributed by atoms with van der Waals surface area (Å²) in [6.45, 7) is 7.03. The lowest BCUT2D eigenvalue weighted by Crippen LogP contribution is -1.97. The molecule has 94 valence electrons. The summed E-state index contributed by atoms with van der Waals surface area (Å²) in [6.07, 6.45) is 1.04. The van der Waals surface area contributed by atoms with Gasteiger partial charge in [0.25, 0.3) is 0 Å². The van der Waals surface area contributed by atoms with Crippen molar-refractivity contribution in [2.45, 2.75) is 33.8 Å². The minimum absolute atomic E-state index is 0.635. The van der Waals surface area contributed by atoms with E-state index in [1.165, 1.54) is 22.3 Å². The normalized spacial score (nSPS) is 10.4. The lowest BCUT2D eigenvalue weighted by atomic mass is 10.1. The van der Waals surface area contributed by atoms with Crippen LogP contribution in [-0.4, -0.2) is 0 Å². The van der Waals surface area contributed by atoms with Crippen LogP contribution in [0.15, 0.2) is 42.5 Å². The van der Waals surface area contributed by atoms with Gasteiger partial charge in [0, 0.05) is 0 Å². The summed E-state index contributed by atoms with van der Waals surface area (Å²) >= 11 is 0. The molecule has 0 radical (unpaired) electrons. The van der Waals surface area contributed by atoms with Gasteiger partial charge in [-0.1, -0.05) is 48.4 Å². The van der Waals surface area contributed by atoms with Gasteiger partial charge in [-0.2, -0.15) is 0 Å². The van der Waals surface area contributed by atoms with Crippen molar-refractivity contribution in [3.8, 4) is 5.75 Å². The maximum absolute atomic E-state index is 5.84. The van der Waals surface area contributed by atoms with Crippen LogP contribution in [0.4, 0.5) is 0 Å². The van der Waals surface area contributed by atoms with Gasteiger partial charge in [0.15, 0.2) is 0 Å². The summed E-state index contributed by atoms with van der Waals surface area (Å²) in [6, 6.07) is 14.8. The van der Waals surface area contributed by atoms with E-state index in [4.69, 9.17) is 4.74 Å². The first-order valence-electron chi connectivity index (χ1n) is 6.46. The molecule has 0 aromatic heterocycles. The fourth-order valence-corrected chi connectivity index (χ4v) is 2.17. The van der Waals surface area contributed by atoms with E-state index >= 15 is 0 Å². The smallest absolute Gasteiger partial charge is 0.120 e. The third-order valence-corrected chi connectivity index (χ3v) is 2.99. The molecule has 0 aliphatic carbocycles. The molecule has 0 unspecified atom stereocenters. The molecule has 2 aromatic carbocycles. The monoisotopic (exact) mass is 240 g/mol. The van der Waals surface area contributed by atoms with E-state index in [0.29, 0.717) is 6.61 Å². The van der Waals surface area contributed by atoms with Crippen LogP contribution in [-0.2, 0) is 13.0 Å². The molecular weight excluding hydrogens is 220 g/mol. The zero-order valence-corrected chi connectivity index (χ0v) is 11.4. The molecule has 0 amide bonds. The third-order valence-electron chi connectivity index (χ3n) is 2.99. The SMILES string of the molecule is CCc1cccc(OCc2cc(C)cc(C)c2)c1. The van der Waals surface area contributed by atoms with Crippen molar-refractivity contribution < 1.29 is 4.74 Å². The minimum Gasteiger partial charge on any atom is -0.489 e. The predicted molar refractivity (Wildman–Crippen MR) is 76.1 cm³/mol. The Morgan fingerprint density at radius 3 is 2.28 bits per heavy atom. The largest absolute Gasteiger partial charge is 0.489 e. The Hall–Kier alpha value is -1.76. The molecular formula is C17H20O. The van der Waals surface area contributed by atoms with Crippen molar-refractivity contribution in [3.63, 3.8) is 0 Å². The summed E-state index contributed by atoms with van der Waals surface area (Å²) in [5, 5.41) is 0. The maximum atomic E-state index is 5.84. The lowest BCUT2D eigenvalue weighted by Gasteiger charge is -2.09. The average molecular weight is 240 g/mol. The Balaban J connectivity index is 2.06. The van der Waals surface area contributed by atoms with Crippen LogP contribution >= 0.6 is 0 Å². The second-order valence-corrected chi connectivity index (χ2v) is 4.79. The molecule has 0 aliphatic heterocycles.